The molecule has 9 heteroatoms. The standard InChI is InChI=1S/C36H39ClN4O4/c1-23-31(34(42)40-36(3,4)5)32(26-15-9-10-16-27(26)37)33(35(43)45-21-25-13-7-6-8-14-25)29(38-23)22-44-20-19-41-24(2)39-28-17-11-12-18-30(28)41/h6-18,31-32H,19-22H2,1-5H3,(H,40,42). The van der Waals surface area contributed by atoms with Crippen LogP contribution in [0.3, 0.4) is 0 Å². The minimum absolute atomic E-state index is 0.0490. The van der Waals surface area contributed by atoms with Gasteiger partial charge in [0.05, 0.1) is 41.4 Å². The van der Waals surface area contributed by atoms with Crippen molar-refractivity contribution < 1.29 is 19.1 Å². The van der Waals surface area contributed by atoms with E-state index in [9.17, 15) is 9.59 Å². The van der Waals surface area contributed by atoms with E-state index in [1.54, 1.807) is 6.07 Å². The van der Waals surface area contributed by atoms with Crippen LogP contribution < -0.4 is 5.32 Å². The lowest BCUT2D eigenvalue weighted by molar-refractivity contribution is -0.141. The molecular weight excluding hydrogens is 588 g/mol. The first-order chi connectivity index (χ1) is 21.5. The minimum Gasteiger partial charge on any atom is -0.457 e. The number of carbonyl (C=O) groups excluding carboxylic acids is 2. The summed E-state index contributed by atoms with van der Waals surface area (Å²) in [6, 6.07) is 24.7. The van der Waals surface area contributed by atoms with Crippen molar-refractivity contribution in [1.29, 1.82) is 0 Å². The number of esters is 1. The number of nitrogens with one attached hydrogen (secondary N) is 1. The van der Waals surface area contributed by atoms with Gasteiger partial charge in [-0.2, -0.15) is 0 Å². The lowest BCUT2D eigenvalue weighted by Crippen LogP contribution is -2.48. The molecule has 45 heavy (non-hydrogen) atoms. The Bertz CT molecular complexity index is 1750. The van der Waals surface area contributed by atoms with E-state index in [1.807, 2.05) is 107 Å². The number of para-hydroxylation sites is 2. The molecule has 2 unspecified atom stereocenters. The van der Waals surface area contributed by atoms with Gasteiger partial charge in [0.15, 0.2) is 0 Å². The highest BCUT2D eigenvalue weighted by atomic mass is 35.5. The van der Waals surface area contributed by atoms with Gasteiger partial charge in [-0.05, 0) is 63.9 Å². The highest BCUT2D eigenvalue weighted by molar-refractivity contribution is 6.31. The van der Waals surface area contributed by atoms with E-state index in [2.05, 4.69) is 14.9 Å². The van der Waals surface area contributed by atoms with E-state index in [4.69, 9.17) is 26.1 Å². The molecular formula is C36H39ClN4O4. The number of rotatable bonds is 10. The highest BCUT2D eigenvalue weighted by Crippen LogP contribution is 2.42. The smallest absolute Gasteiger partial charge is 0.336 e. The van der Waals surface area contributed by atoms with Crippen LogP contribution in [-0.2, 0) is 32.2 Å². The number of hydrogen-bond acceptors (Lipinski definition) is 6. The summed E-state index contributed by atoms with van der Waals surface area (Å²) in [5, 5.41) is 3.53. The molecule has 1 aliphatic rings. The Balaban J connectivity index is 1.50. The van der Waals surface area contributed by atoms with E-state index >= 15 is 0 Å². The predicted octanol–water partition coefficient (Wildman–Crippen LogP) is 6.80. The van der Waals surface area contributed by atoms with Crippen molar-refractivity contribution in [3.8, 4) is 0 Å². The molecule has 2 heterocycles. The molecule has 0 spiro atoms. The van der Waals surface area contributed by atoms with Crippen LogP contribution in [0.15, 0.2) is 95.1 Å². The monoisotopic (exact) mass is 626 g/mol. The zero-order chi connectivity index (χ0) is 32.1. The fraction of sp³-hybridized carbons (Fsp3) is 0.333. The minimum atomic E-state index is -0.785. The zero-order valence-electron chi connectivity index (χ0n) is 26.3. The molecule has 1 aliphatic heterocycles. The van der Waals surface area contributed by atoms with E-state index in [0.29, 0.717) is 35.1 Å². The number of ether oxygens (including phenoxy) is 2. The summed E-state index contributed by atoms with van der Waals surface area (Å²) in [4.78, 5) is 37.4. The third-order valence-electron chi connectivity index (χ3n) is 7.71. The summed E-state index contributed by atoms with van der Waals surface area (Å²) >= 11 is 6.76. The second kappa shape index (κ2) is 13.8. The Morgan fingerprint density at radius 2 is 1.62 bits per heavy atom. The summed E-state index contributed by atoms with van der Waals surface area (Å²) in [5.74, 6) is -1.44. The third-order valence-corrected chi connectivity index (χ3v) is 8.06. The number of aryl methyl sites for hydroxylation is 1. The normalized spacial score (nSPS) is 16.9. The highest BCUT2D eigenvalue weighted by Gasteiger charge is 2.43. The van der Waals surface area contributed by atoms with Gasteiger partial charge < -0.3 is 19.4 Å². The number of imidazole rings is 1. The summed E-state index contributed by atoms with van der Waals surface area (Å²) in [5.41, 5.74) is 4.20. The first-order valence-corrected chi connectivity index (χ1v) is 15.5. The van der Waals surface area contributed by atoms with Crippen LogP contribution in [0.25, 0.3) is 11.0 Å². The van der Waals surface area contributed by atoms with Crippen LogP contribution in [0, 0.1) is 12.8 Å². The van der Waals surface area contributed by atoms with Gasteiger partial charge in [-0.3, -0.25) is 9.79 Å². The molecule has 2 atom stereocenters. The van der Waals surface area contributed by atoms with E-state index in [-0.39, 0.29) is 24.7 Å². The molecule has 1 aromatic heterocycles. The Hall–Kier alpha value is -4.27. The number of fused-ring (bicyclic) bond motifs is 1. The lowest BCUT2D eigenvalue weighted by Gasteiger charge is -2.35. The number of hydrogen-bond donors (Lipinski definition) is 1. The lowest BCUT2D eigenvalue weighted by atomic mass is 9.74. The van der Waals surface area contributed by atoms with Crippen LogP contribution >= 0.6 is 11.6 Å². The van der Waals surface area contributed by atoms with Gasteiger partial charge in [0, 0.05) is 28.7 Å². The van der Waals surface area contributed by atoms with Crippen molar-refractivity contribution in [1.82, 2.24) is 14.9 Å². The van der Waals surface area contributed by atoms with Crippen LogP contribution in [0.4, 0.5) is 0 Å². The topological polar surface area (TPSA) is 94.8 Å². The SMILES string of the molecule is CC1=NC(COCCn2c(C)nc3ccccc32)=C(C(=O)OCc2ccccc2)C(c2ccccc2Cl)C1C(=O)NC(C)(C)C. The zero-order valence-corrected chi connectivity index (χ0v) is 27.1. The maximum Gasteiger partial charge on any atom is 0.336 e. The average Bonchev–Trinajstić information content (AvgIpc) is 3.32. The Morgan fingerprint density at radius 3 is 2.36 bits per heavy atom. The molecule has 0 radical (unpaired) electrons. The largest absolute Gasteiger partial charge is 0.457 e. The van der Waals surface area contributed by atoms with Gasteiger partial charge in [0.25, 0.3) is 0 Å². The van der Waals surface area contributed by atoms with E-state index < -0.39 is 23.3 Å². The van der Waals surface area contributed by atoms with Crippen molar-refractivity contribution in [2.24, 2.45) is 10.9 Å². The summed E-state index contributed by atoms with van der Waals surface area (Å²) < 4.78 is 14.2. The van der Waals surface area contributed by atoms with Gasteiger partial charge in [-0.15, -0.1) is 0 Å². The van der Waals surface area contributed by atoms with E-state index in [0.717, 1.165) is 22.4 Å². The molecule has 234 valence electrons. The molecule has 1 amide bonds. The van der Waals surface area contributed by atoms with Crippen molar-refractivity contribution in [2.45, 2.75) is 59.2 Å². The second-order valence-corrected chi connectivity index (χ2v) is 12.7. The quantitative estimate of drug-likeness (QED) is 0.154. The van der Waals surface area contributed by atoms with Crippen molar-refractivity contribution in [2.75, 3.05) is 13.2 Å². The number of aliphatic imine (C=N–C) groups is 1. The summed E-state index contributed by atoms with van der Waals surface area (Å²) in [6.45, 7) is 10.6. The van der Waals surface area contributed by atoms with Gasteiger partial charge in [0.2, 0.25) is 5.91 Å². The van der Waals surface area contributed by atoms with Crippen LogP contribution in [-0.4, -0.2) is 45.9 Å². The maximum absolute atomic E-state index is 14.1. The third kappa shape index (κ3) is 7.52. The molecule has 3 aromatic carbocycles. The molecule has 0 saturated carbocycles. The molecule has 8 nitrogen and oxygen atoms in total. The number of carbonyl (C=O) groups is 2. The number of halogens is 1. The van der Waals surface area contributed by atoms with Crippen LogP contribution in [0.2, 0.25) is 5.02 Å². The van der Waals surface area contributed by atoms with Crippen LogP contribution in [0.5, 0.6) is 0 Å². The van der Waals surface area contributed by atoms with Crippen molar-refractivity contribution in [3.63, 3.8) is 0 Å². The molecule has 0 saturated heterocycles. The maximum atomic E-state index is 14.1. The van der Waals surface area contributed by atoms with Crippen molar-refractivity contribution >= 4 is 40.2 Å². The fourth-order valence-electron chi connectivity index (χ4n) is 5.74. The Kier molecular flexibility index (Phi) is 9.85. The molecule has 4 aromatic rings. The fourth-order valence-corrected chi connectivity index (χ4v) is 5.99. The van der Waals surface area contributed by atoms with Gasteiger partial charge in [0.1, 0.15) is 12.4 Å². The number of benzene rings is 3. The summed E-state index contributed by atoms with van der Waals surface area (Å²) in [6.07, 6.45) is 0. The number of aromatic nitrogens is 2. The van der Waals surface area contributed by atoms with Crippen LogP contribution in [0.1, 0.15) is 50.6 Å². The average molecular weight is 627 g/mol. The van der Waals surface area contributed by atoms with Crippen molar-refractivity contribution in [3.05, 3.63) is 112 Å². The Morgan fingerprint density at radius 1 is 0.933 bits per heavy atom. The van der Waals surface area contributed by atoms with Gasteiger partial charge in [-0.1, -0.05) is 72.3 Å². The summed E-state index contributed by atoms with van der Waals surface area (Å²) in [7, 11) is 0. The van der Waals surface area contributed by atoms with E-state index in [1.165, 1.54) is 0 Å². The first kappa shape index (κ1) is 32.1. The number of amides is 1. The predicted molar refractivity (Wildman–Crippen MR) is 177 cm³/mol. The second-order valence-electron chi connectivity index (χ2n) is 12.2. The van der Waals surface area contributed by atoms with Gasteiger partial charge >= 0.3 is 5.97 Å². The molecule has 0 bridgehead atoms. The Labute approximate surface area is 269 Å². The molecule has 0 fully saturated rings. The molecule has 1 N–H and O–H groups in total. The number of nitrogens with zero attached hydrogens (tertiary/aromatic N) is 3. The molecule has 0 aliphatic carbocycles. The molecule has 5 rings (SSSR count). The van der Waals surface area contributed by atoms with Gasteiger partial charge in [-0.25, -0.2) is 9.78 Å². The first-order valence-electron chi connectivity index (χ1n) is 15.1.